The molecule has 3 N–H and O–H groups in total. The second-order valence-electron chi connectivity index (χ2n) is 4.17. The Morgan fingerprint density at radius 3 is 2.75 bits per heavy atom. The van der Waals surface area contributed by atoms with Gasteiger partial charge in [-0.05, 0) is 26.0 Å². The van der Waals surface area contributed by atoms with E-state index in [1.54, 1.807) is 0 Å². The van der Waals surface area contributed by atoms with Gasteiger partial charge in [0.05, 0.1) is 6.10 Å². The third kappa shape index (κ3) is 1.62. The summed E-state index contributed by atoms with van der Waals surface area (Å²) in [6.07, 6.45) is 0.144. The summed E-state index contributed by atoms with van der Waals surface area (Å²) >= 11 is 0. The van der Waals surface area contributed by atoms with Crippen LogP contribution in [0.2, 0.25) is 0 Å². The number of aryl methyl sites for hydroxylation is 1. The van der Waals surface area contributed by atoms with E-state index in [9.17, 15) is 5.11 Å². The van der Waals surface area contributed by atoms with Crippen molar-refractivity contribution in [3.05, 3.63) is 35.5 Å². The van der Waals surface area contributed by atoms with Crippen LogP contribution in [0, 0.1) is 6.92 Å². The van der Waals surface area contributed by atoms with Crippen LogP contribution in [0.1, 0.15) is 23.8 Å². The maximum Gasteiger partial charge on any atom is 0.0825 e. The lowest BCUT2D eigenvalue weighted by atomic mass is 10.0. The minimum absolute atomic E-state index is 0.462. The molecule has 0 aliphatic rings. The lowest BCUT2D eigenvalue weighted by Crippen LogP contribution is -2.07. The van der Waals surface area contributed by atoms with Crippen LogP contribution in [-0.2, 0) is 7.05 Å². The van der Waals surface area contributed by atoms with Crippen LogP contribution in [0.15, 0.2) is 24.3 Å². The van der Waals surface area contributed by atoms with Crippen molar-refractivity contribution in [1.82, 2.24) is 4.57 Å². The third-order valence-corrected chi connectivity index (χ3v) is 3.22. The summed E-state index contributed by atoms with van der Waals surface area (Å²) in [6.45, 7) is 2.54. The molecular formula is C13H18N2O. The zero-order valence-corrected chi connectivity index (χ0v) is 9.77. The Morgan fingerprint density at radius 2 is 2.06 bits per heavy atom. The zero-order chi connectivity index (χ0) is 11.7. The van der Waals surface area contributed by atoms with Gasteiger partial charge in [0.25, 0.3) is 0 Å². The fraction of sp³-hybridized carbons (Fsp3) is 0.385. The molecule has 0 bridgehead atoms. The average Bonchev–Trinajstić information content (AvgIpc) is 2.53. The molecule has 0 aliphatic carbocycles. The molecule has 1 heterocycles. The Morgan fingerprint density at radius 1 is 1.38 bits per heavy atom. The monoisotopic (exact) mass is 218 g/mol. The second-order valence-corrected chi connectivity index (χ2v) is 4.17. The maximum absolute atomic E-state index is 10.1. The van der Waals surface area contributed by atoms with Crippen molar-refractivity contribution in [2.45, 2.75) is 19.4 Å². The lowest BCUT2D eigenvalue weighted by molar-refractivity contribution is 0.171. The summed E-state index contributed by atoms with van der Waals surface area (Å²) in [5.41, 5.74) is 8.79. The van der Waals surface area contributed by atoms with E-state index in [2.05, 4.69) is 16.7 Å². The van der Waals surface area contributed by atoms with Crippen LogP contribution < -0.4 is 5.73 Å². The van der Waals surface area contributed by atoms with E-state index >= 15 is 0 Å². The third-order valence-electron chi connectivity index (χ3n) is 3.22. The van der Waals surface area contributed by atoms with Gasteiger partial charge in [0.1, 0.15) is 0 Å². The van der Waals surface area contributed by atoms with E-state index in [4.69, 9.17) is 5.73 Å². The summed E-state index contributed by atoms with van der Waals surface area (Å²) in [5.74, 6) is 0. The molecule has 0 aliphatic heterocycles. The number of aromatic nitrogens is 1. The summed E-state index contributed by atoms with van der Waals surface area (Å²) in [4.78, 5) is 0. The molecule has 1 atom stereocenters. The molecule has 0 saturated carbocycles. The number of para-hydroxylation sites is 1. The molecule has 0 radical (unpaired) electrons. The Balaban J connectivity index is 2.64. The second kappa shape index (κ2) is 4.28. The van der Waals surface area contributed by atoms with Gasteiger partial charge in [-0.15, -0.1) is 0 Å². The average molecular weight is 218 g/mol. The summed E-state index contributed by atoms with van der Waals surface area (Å²) in [7, 11) is 2.02. The minimum atomic E-state index is -0.462. The Labute approximate surface area is 95.5 Å². The Bertz CT molecular complexity index is 502. The van der Waals surface area contributed by atoms with E-state index < -0.39 is 6.10 Å². The Kier molecular flexibility index (Phi) is 2.99. The Hall–Kier alpha value is -1.32. The van der Waals surface area contributed by atoms with Gasteiger partial charge < -0.3 is 15.4 Å². The van der Waals surface area contributed by atoms with Gasteiger partial charge in [0.15, 0.2) is 0 Å². The molecule has 2 aromatic rings. The van der Waals surface area contributed by atoms with Gasteiger partial charge in [0.2, 0.25) is 0 Å². The molecule has 0 amide bonds. The van der Waals surface area contributed by atoms with Gasteiger partial charge >= 0.3 is 0 Å². The molecule has 86 valence electrons. The molecule has 0 spiro atoms. The number of nitrogens with zero attached hydrogens (tertiary/aromatic N) is 1. The van der Waals surface area contributed by atoms with Crippen molar-refractivity contribution in [3.8, 4) is 0 Å². The van der Waals surface area contributed by atoms with Crippen molar-refractivity contribution in [3.63, 3.8) is 0 Å². The zero-order valence-electron chi connectivity index (χ0n) is 9.77. The SMILES string of the molecule is Cc1c([C@H](O)CCN)c2ccccc2n1C. The molecule has 2 rings (SSSR count). The van der Waals surface area contributed by atoms with Gasteiger partial charge in [0, 0.05) is 29.2 Å². The summed E-state index contributed by atoms with van der Waals surface area (Å²) < 4.78 is 2.12. The minimum Gasteiger partial charge on any atom is -0.388 e. The highest BCUT2D eigenvalue weighted by Crippen LogP contribution is 2.31. The molecule has 1 aromatic carbocycles. The van der Waals surface area contributed by atoms with Crippen molar-refractivity contribution < 1.29 is 5.11 Å². The molecule has 0 saturated heterocycles. The quantitative estimate of drug-likeness (QED) is 0.826. The predicted molar refractivity (Wildman–Crippen MR) is 66.3 cm³/mol. The van der Waals surface area contributed by atoms with Crippen molar-refractivity contribution in [1.29, 1.82) is 0 Å². The molecule has 1 aromatic heterocycles. The molecule has 16 heavy (non-hydrogen) atoms. The van der Waals surface area contributed by atoms with Gasteiger partial charge in [-0.25, -0.2) is 0 Å². The highest BCUT2D eigenvalue weighted by molar-refractivity contribution is 5.85. The van der Waals surface area contributed by atoms with Crippen molar-refractivity contribution in [2.24, 2.45) is 12.8 Å². The van der Waals surface area contributed by atoms with E-state index in [0.29, 0.717) is 13.0 Å². The fourth-order valence-electron chi connectivity index (χ4n) is 2.27. The topological polar surface area (TPSA) is 51.2 Å². The van der Waals surface area contributed by atoms with Crippen LogP contribution in [0.25, 0.3) is 10.9 Å². The van der Waals surface area contributed by atoms with Gasteiger partial charge in [-0.2, -0.15) is 0 Å². The van der Waals surface area contributed by atoms with Crippen molar-refractivity contribution >= 4 is 10.9 Å². The molecule has 3 nitrogen and oxygen atoms in total. The van der Waals surface area contributed by atoms with Crippen LogP contribution >= 0.6 is 0 Å². The van der Waals surface area contributed by atoms with Crippen molar-refractivity contribution in [2.75, 3.05) is 6.54 Å². The largest absolute Gasteiger partial charge is 0.388 e. The van der Waals surface area contributed by atoms with E-state index in [1.165, 1.54) is 0 Å². The number of fused-ring (bicyclic) bond motifs is 1. The normalized spacial score (nSPS) is 13.2. The number of hydrogen-bond donors (Lipinski definition) is 2. The van der Waals surface area contributed by atoms with E-state index in [-0.39, 0.29) is 0 Å². The predicted octanol–water partition coefficient (Wildman–Crippen LogP) is 1.87. The number of nitrogens with two attached hydrogens (primary N) is 1. The first kappa shape index (κ1) is 11.2. The van der Waals surface area contributed by atoms with Crippen LogP contribution in [0.4, 0.5) is 0 Å². The maximum atomic E-state index is 10.1. The number of rotatable bonds is 3. The van der Waals surface area contributed by atoms with Gasteiger partial charge in [-0.3, -0.25) is 0 Å². The highest BCUT2D eigenvalue weighted by Gasteiger charge is 2.17. The van der Waals surface area contributed by atoms with Crippen LogP contribution in [-0.4, -0.2) is 16.2 Å². The van der Waals surface area contributed by atoms with E-state index in [1.807, 2.05) is 26.1 Å². The molecule has 0 unspecified atom stereocenters. The molecule has 3 heteroatoms. The van der Waals surface area contributed by atoms with Crippen LogP contribution in [0.3, 0.4) is 0 Å². The number of aliphatic hydroxyl groups is 1. The highest BCUT2D eigenvalue weighted by atomic mass is 16.3. The molecular weight excluding hydrogens is 200 g/mol. The number of hydrogen-bond acceptors (Lipinski definition) is 2. The first-order chi connectivity index (χ1) is 7.66. The standard InChI is InChI=1S/C13H18N2O/c1-9-13(12(16)7-8-14)10-5-3-4-6-11(10)15(9)2/h3-6,12,16H,7-8,14H2,1-2H3/t12-/m1/s1. The fourth-order valence-corrected chi connectivity index (χ4v) is 2.27. The van der Waals surface area contributed by atoms with Crippen LogP contribution in [0.5, 0.6) is 0 Å². The summed E-state index contributed by atoms with van der Waals surface area (Å²) in [6, 6.07) is 8.14. The summed E-state index contributed by atoms with van der Waals surface area (Å²) in [5, 5.41) is 11.2. The smallest absolute Gasteiger partial charge is 0.0825 e. The lowest BCUT2D eigenvalue weighted by Gasteiger charge is -2.10. The first-order valence-corrected chi connectivity index (χ1v) is 5.59. The first-order valence-electron chi connectivity index (χ1n) is 5.59. The number of aliphatic hydroxyl groups excluding tert-OH is 1. The number of benzene rings is 1. The molecule has 0 fully saturated rings. The van der Waals surface area contributed by atoms with Gasteiger partial charge in [-0.1, -0.05) is 18.2 Å². The van der Waals surface area contributed by atoms with E-state index in [0.717, 1.165) is 22.2 Å².